The van der Waals surface area contributed by atoms with Crippen LogP contribution >= 0.6 is 0 Å². The van der Waals surface area contributed by atoms with Crippen molar-refractivity contribution in [3.05, 3.63) is 47.4 Å². The maximum Gasteiger partial charge on any atom is 0.272 e. The second-order valence-electron chi connectivity index (χ2n) is 6.85. The smallest absolute Gasteiger partial charge is 0.272 e. The van der Waals surface area contributed by atoms with Crippen LogP contribution in [0.4, 0.5) is 5.82 Å². The van der Waals surface area contributed by atoms with Gasteiger partial charge in [-0.3, -0.25) is 4.79 Å². The maximum absolute atomic E-state index is 12.8. The largest absolute Gasteiger partial charge is 0.496 e. The number of aryl methyl sites for hydroxylation is 1. The lowest BCUT2D eigenvalue weighted by Gasteiger charge is -2.30. The molecule has 138 valence electrons. The Labute approximate surface area is 154 Å². The summed E-state index contributed by atoms with van der Waals surface area (Å²) in [5.41, 5.74) is 1.48. The van der Waals surface area contributed by atoms with E-state index >= 15 is 0 Å². The number of benzene rings is 1. The van der Waals surface area contributed by atoms with E-state index in [-0.39, 0.29) is 5.91 Å². The SMILES string of the molecule is COc1ccccc1CNc1cc(C(=O)N2CCCC(C)C2)nc(C)n1. The quantitative estimate of drug-likeness (QED) is 0.892. The summed E-state index contributed by atoms with van der Waals surface area (Å²) in [4.78, 5) is 23.5. The summed E-state index contributed by atoms with van der Waals surface area (Å²) in [7, 11) is 1.66. The van der Waals surface area contributed by atoms with Gasteiger partial charge in [0, 0.05) is 31.3 Å². The number of rotatable bonds is 5. The molecule has 1 aliphatic heterocycles. The van der Waals surface area contributed by atoms with Crippen LogP contribution in [0.2, 0.25) is 0 Å². The van der Waals surface area contributed by atoms with Gasteiger partial charge in [-0.2, -0.15) is 0 Å². The molecule has 1 N–H and O–H groups in total. The number of hydrogen-bond donors (Lipinski definition) is 1. The van der Waals surface area contributed by atoms with Gasteiger partial charge < -0.3 is 15.0 Å². The Hall–Kier alpha value is -2.63. The van der Waals surface area contributed by atoms with Crippen molar-refractivity contribution in [3.8, 4) is 5.75 Å². The fraction of sp³-hybridized carbons (Fsp3) is 0.450. The standard InChI is InChI=1S/C20H26N4O2/c1-14-7-6-10-24(13-14)20(25)17-11-19(23-15(2)22-17)21-12-16-8-4-5-9-18(16)26-3/h4-5,8-9,11,14H,6-7,10,12-13H2,1-3H3,(H,21,22,23). The van der Waals surface area contributed by atoms with Crippen LogP contribution in [0.3, 0.4) is 0 Å². The number of para-hydroxylation sites is 1. The summed E-state index contributed by atoms with van der Waals surface area (Å²) < 4.78 is 5.38. The van der Waals surface area contributed by atoms with E-state index in [1.54, 1.807) is 13.2 Å². The van der Waals surface area contributed by atoms with Gasteiger partial charge in [-0.1, -0.05) is 25.1 Å². The average molecular weight is 354 g/mol. The van der Waals surface area contributed by atoms with Crippen LogP contribution in [0.1, 0.15) is 41.6 Å². The van der Waals surface area contributed by atoms with Crippen LogP contribution in [0.15, 0.2) is 30.3 Å². The van der Waals surface area contributed by atoms with Crippen molar-refractivity contribution in [2.75, 3.05) is 25.5 Å². The van der Waals surface area contributed by atoms with E-state index in [0.717, 1.165) is 30.8 Å². The second kappa shape index (κ2) is 8.17. The first kappa shape index (κ1) is 18.2. The Morgan fingerprint density at radius 1 is 1.35 bits per heavy atom. The molecule has 2 aromatic rings. The third-order valence-corrected chi connectivity index (χ3v) is 4.65. The number of ether oxygens (including phenoxy) is 1. The second-order valence-corrected chi connectivity index (χ2v) is 6.85. The number of likely N-dealkylation sites (tertiary alicyclic amines) is 1. The molecule has 0 spiro atoms. The molecular formula is C20H26N4O2. The normalized spacial score (nSPS) is 17.0. The number of anilines is 1. The first-order valence-corrected chi connectivity index (χ1v) is 9.07. The molecule has 1 amide bonds. The van der Waals surface area contributed by atoms with Gasteiger partial charge in [0.2, 0.25) is 0 Å². The third-order valence-electron chi connectivity index (χ3n) is 4.65. The Kier molecular flexibility index (Phi) is 5.71. The Balaban J connectivity index is 1.74. The Morgan fingerprint density at radius 2 is 2.15 bits per heavy atom. The monoisotopic (exact) mass is 354 g/mol. The molecule has 3 rings (SSSR count). The number of carbonyl (C=O) groups is 1. The Bertz CT molecular complexity index is 778. The minimum absolute atomic E-state index is 0.0117. The number of aromatic nitrogens is 2. The third kappa shape index (κ3) is 4.31. The van der Waals surface area contributed by atoms with Crippen LogP contribution in [0.25, 0.3) is 0 Å². The predicted octanol–water partition coefficient (Wildman–Crippen LogP) is 3.28. The zero-order chi connectivity index (χ0) is 18.5. The molecule has 1 aromatic carbocycles. The summed E-state index contributed by atoms with van der Waals surface area (Å²) in [6.45, 7) is 6.16. The molecule has 1 atom stereocenters. The van der Waals surface area contributed by atoms with E-state index in [1.807, 2.05) is 36.1 Å². The maximum atomic E-state index is 12.8. The molecule has 2 heterocycles. The van der Waals surface area contributed by atoms with Crippen molar-refractivity contribution >= 4 is 11.7 Å². The molecule has 0 aliphatic carbocycles. The number of nitrogens with zero attached hydrogens (tertiary/aromatic N) is 3. The van der Waals surface area contributed by atoms with Gasteiger partial charge in [0.15, 0.2) is 0 Å². The first-order valence-electron chi connectivity index (χ1n) is 9.07. The van der Waals surface area contributed by atoms with Gasteiger partial charge >= 0.3 is 0 Å². The van der Waals surface area contributed by atoms with Crippen molar-refractivity contribution in [3.63, 3.8) is 0 Å². The van der Waals surface area contributed by atoms with Crippen molar-refractivity contribution in [1.29, 1.82) is 0 Å². The van der Waals surface area contributed by atoms with Crippen molar-refractivity contribution in [2.45, 2.75) is 33.2 Å². The highest BCUT2D eigenvalue weighted by atomic mass is 16.5. The van der Waals surface area contributed by atoms with Crippen LogP contribution in [0, 0.1) is 12.8 Å². The van der Waals surface area contributed by atoms with E-state index in [4.69, 9.17) is 4.74 Å². The van der Waals surface area contributed by atoms with Gasteiger partial charge in [-0.25, -0.2) is 9.97 Å². The molecule has 6 heteroatoms. The average Bonchev–Trinajstić information content (AvgIpc) is 2.65. The molecule has 26 heavy (non-hydrogen) atoms. The lowest BCUT2D eigenvalue weighted by Crippen LogP contribution is -2.39. The highest BCUT2D eigenvalue weighted by Crippen LogP contribution is 2.20. The molecule has 1 unspecified atom stereocenters. The zero-order valence-electron chi connectivity index (χ0n) is 15.7. The highest BCUT2D eigenvalue weighted by Gasteiger charge is 2.23. The fourth-order valence-corrected chi connectivity index (χ4v) is 3.34. The molecule has 1 aliphatic rings. The van der Waals surface area contributed by atoms with Crippen molar-refractivity contribution in [2.24, 2.45) is 5.92 Å². The number of amides is 1. The van der Waals surface area contributed by atoms with Gasteiger partial charge in [-0.05, 0) is 31.7 Å². The van der Waals surface area contributed by atoms with Crippen molar-refractivity contribution in [1.82, 2.24) is 14.9 Å². The van der Waals surface area contributed by atoms with Crippen LogP contribution in [-0.2, 0) is 6.54 Å². The first-order chi connectivity index (χ1) is 12.6. The van der Waals surface area contributed by atoms with Gasteiger partial charge in [0.05, 0.1) is 7.11 Å². The Morgan fingerprint density at radius 3 is 2.92 bits per heavy atom. The number of methoxy groups -OCH3 is 1. The van der Waals surface area contributed by atoms with E-state index in [0.29, 0.717) is 29.8 Å². The summed E-state index contributed by atoms with van der Waals surface area (Å²) in [6, 6.07) is 9.57. The number of carbonyl (C=O) groups excluding carboxylic acids is 1. The molecule has 1 aromatic heterocycles. The summed E-state index contributed by atoms with van der Waals surface area (Å²) >= 11 is 0. The van der Waals surface area contributed by atoms with E-state index in [2.05, 4.69) is 22.2 Å². The summed E-state index contributed by atoms with van der Waals surface area (Å²) in [6.07, 6.45) is 2.23. The van der Waals surface area contributed by atoms with Gasteiger partial charge in [0.25, 0.3) is 5.91 Å². The highest BCUT2D eigenvalue weighted by molar-refractivity contribution is 5.93. The molecular weight excluding hydrogens is 328 g/mol. The molecule has 6 nitrogen and oxygen atoms in total. The summed E-state index contributed by atoms with van der Waals surface area (Å²) in [5.74, 6) is 2.59. The fourth-order valence-electron chi connectivity index (χ4n) is 3.34. The molecule has 0 saturated carbocycles. The van der Waals surface area contributed by atoms with Crippen molar-refractivity contribution < 1.29 is 9.53 Å². The minimum Gasteiger partial charge on any atom is -0.496 e. The van der Waals surface area contributed by atoms with Gasteiger partial charge in [-0.15, -0.1) is 0 Å². The van der Waals surface area contributed by atoms with Crippen LogP contribution in [0.5, 0.6) is 5.75 Å². The molecule has 0 radical (unpaired) electrons. The zero-order valence-corrected chi connectivity index (χ0v) is 15.7. The van der Waals surface area contributed by atoms with E-state index in [1.165, 1.54) is 6.42 Å². The predicted molar refractivity (Wildman–Crippen MR) is 101 cm³/mol. The number of nitrogens with one attached hydrogen (secondary N) is 1. The lowest BCUT2D eigenvalue weighted by atomic mass is 10.00. The van der Waals surface area contributed by atoms with Gasteiger partial charge in [0.1, 0.15) is 23.1 Å². The molecule has 1 saturated heterocycles. The molecule has 0 bridgehead atoms. The van der Waals surface area contributed by atoms with Crippen LogP contribution < -0.4 is 10.1 Å². The number of hydrogen-bond acceptors (Lipinski definition) is 5. The molecule has 1 fully saturated rings. The van der Waals surface area contributed by atoms with Crippen LogP contribution in [-0.4, -0.2) is 41.0 Å². The lowest BCUT2D eigenvalue weighted by molar-refractivity contribution is 0.0676. The minimum atomic E-state index is -0.0117. The van der Waals surface area contributed by atoms with E-state index in [9.17, 15) is 4.79 Å². The van der Waals surface area contributed by atoms with E-state index < -0.39 is 0 Å². The number of piperidine rings is 1. The summed E-state index contributed by atoms with van der Waals surface area (Å²) in [5, 5.41) is 3.28. The topological polar surface area (TPSA) is 67.3 Å².